The van der Waals surface area contributed by atoms with Gasteiger partial charge >= 0.3 is 0 Å². The molecule has 1 aliphatic heterocycles. The van der Waals surface area contributed by atoms with E-state index >= 15 is 0 Å². The van der Waals surface area contributed by atoms with Crippen molar-refractivity contribution in [3.05, 3.63) is 0 Å². The van der Waals surface area contributed by atoms with Gasteiger partial charge in [-0.15, -0.1) is 0 Å². The summed E-state index contributed by atoms with van der Waals surface area (Å²) in [5, 5.41) is 3.47. The molecule has 2 saturated carbocycles. The Bertz CT molecular complexity index is 470. The lowest BCUT2D eigenvalue weighted by molar-refractivity contribution is -0.140. The van der Waals surface area contributed by atoms with Crippen LogP contribution in [0.4, 0.5) is 0 Å². The van der Waals surface area contributed by atoms with Crippen molar-refractivity contribution in [1.82, 2.24) is 5.32 Å². The van der Waals surface area contributed by atoms with Crippen molar-refractivity contribution in [3.8, 4) is 0 Å². The van der Waals surface area contributed by atoms with E-state index < -0.39 is 0 Å². The molecule has 0 aromatic rings. The Labute approximate surface area is 141 Å². The summed E-state index contributed by atoms with van der Waals surface area (Å²) in [5.41, 5.74) is 0.483. The Morgan fingerprint density at radius 3 is 2.57 bits per heavy atom. The number of carbonyl (C=O) groups is 1. The predicted octanol–water partition coefficient (Wildman–Crippen LogP) is 4.01. The molecule has 1 heterocycles. The van der Waals surface area contributed by atoms with Crippen LogP contribution in [0.5, 0.6) is 0 Å². The summed E-state index contributed by atoms with van der Waals surface area (Å²) in [6.07, 6.45) is 5.24. The maximum Gasteiger partial charge on any atom is 0.222 e. The molecule has 0 radical (unpaired) electrons. The predicted molar refractivity (Wildman–Crippen MR) is 93.0 cm³/mol. The minimum Gasteiger partial charge on any atom is -0.378 e. The van der Waals surface area contributed by atoms with Crippen LogP contribution in [0.15, 0.2) is 0 Å². The van der Waals surface area contributed by atoms with Crippen molar-refractivity contribution < 1.29 is 9.53 Å². The second-order valence-electron chi connectivity index (χ2n) is 9.68. The molecule has 0 aromatic heterocycles. The van der Waals surface area contributed by atoms with Gasteiger partial charge in [0.25, 0.3) is 0 Å². The maximum absolute atomic E-state index is 12.5. The Morgan fingerprint density at radius 1 is 1.26 bits per heavy atom. The number of amides is 1. The standard InChI is InChI=1S/C20H35NO2/c1-12(2)9-16-15-10-14-11-20(15,7-8-23-16)18(19(14,5)6)21-17(22)13(3)4/h12-16,18H,7-11H2,1-6H3,(H,21,22)/t14-,15-,16-,18-,20?/m1/s1. The molecule has 132 valence electrons. The summed E-state index contributed by atoms with van der Waals surface area (Å²) in [7, 11) is 0. The number of carbonyl (C=O) groups excluding carboxylic acids is 1. The number of nitrogens with one attached hydrogen (secondary N) is 1. The zero-order valence-corrected chi connectivity index (χ0v) is 15.8. The largest absolute Gasteiger partial charge is 0.378 e. The highest BCUT2D eigenvalue weighted by molar-refractivity contribution is 5.78. The molecule has 3 fully saturated rings. The quantitative estimate of drug-likeness (QED) is 0.849. The topological polar surface area (TPSA) is 38.3 Å². The second-order valence-corrected chi connectivity index (χ2v) is 9.68. The number of hydrogen-bond donors (Lipinski definition) is 1. The van der Waals surface area contributed by atoms with Crippen molar-refractivity contribution in [2.45, 2.75) is 79.4 Å². The zero-order chi connectivity index (χ0) is 17.0. The number of fused-ring (bicyclic) bond motifs is 1. The summed E-state index contributed by atoms with van der Waals surface area (Å²) in [5.74, 6) is 2.31. The van der Waals surface area contributed by atoms with Gasteiger partial charge in [-0.1, -0.05) is 41.5 Å². The summed E-state index contributed by atoms with van der Waals surface area (Å²) in [6, 6.07) is 0.312. The first-order valence-corrected chi connectivity index (χ1v) is 9.60. The van der Waals surface area contributed by atoms with Crippen molar-refractivity contribution in [3.63, 3.8) is 0 Å². The summed E-state index contributed by atoms with van der Waals surface area (Å²) in [6.45, 7) is 14.2. The molecular formula is C20H35NO2. The van der Waals surface area contributed by atoms with E-state index in [0.717, 1.165) is 25.4 Å². The van der Waals surface area contributed by atoms with E-state index in [4.69, 9.17) is 4.74 Å². The highest BCUT2D eigenvalue weighted by atomic mass is 16.5. The second kappa shape index (κ2) is 5.75. The molecule has 3 rings (SSSR count). The third-order valence-corrected chi connectivity index (χ3v) is 7.14. The highest BCUT2D eigenvalue weighted by Gasteiger charge is 2.68. The molecule has 0 aromatic carbocycles. The van der Waals surface area contributed by atoms with Gasteiger partial charge in [0.2, 0.25) is 5.91 Å². The number of ether oxygens (including phenoxy) is 1. The smallest absolute Gasteiger partial charge is 0.222 e. The average Bonchev–Trinajstić information content (AvgIpc) is 2.92. The van der Waals surface area contributed by atoms with Gasteiger partial charge in [0, 0.05) is 18.6 Å². The summed E-state index contributed by atoms with van der Waals surface area (Å²) in [4.78, 5) is 12.5. The first-order chi connectivity index (χ1) is 10.7. The van der Waals surface area contributed by atoms with Crippen LogP contribution in [-0.4, -0.2) is 24.7 Å². The lowest BCUT2D eigenvalue weighted by atomic mass is 9.59. The first-order valence-electron chi connectivity index (χ1n) is 9.60. The van der Waals surface area contributed by atoms with Crippen molar-refractivity contribution in [2.75, 3.05) is 6.61 Å². The minimum absolute atomic E-state index is 0.0612. The average molecular weight is 322 g/mol. The molecular weight excluding hydrogens is 286 g/mol. The molecule has 2 bridgehead atoms. The van der Waals surface area contributed by atoms with E-state index in [2.05, 4.69) is 33.0 Å². The van der Waals surface area contributed by atoms with Crippen LogP contribution in [0, 0.1) is 34.5 Å². The normalized spacial score (nSPS) is 41.4. The van der Waals surface area contributed by atoms with E-state index in [9.17, 15) is 4.79 Å². The van der Waals surface area contributed by atoms with Gasteiger partial charge in [0.15, 0.2) is 0 Å². The van der Waals surface area contributed by atoms with E-state index in [1.54, 1.807) is 0 Å². The zero-order valence-electron chi connectivity index (χ0n) is 15.8. The molecule has 23 heavy (non-hydrogen) atoms. The van der Waals surface area contributed by atoms with E-state index in [1.165, 1.54) is 12.8 Å². The van der Waals surface area contributed by atoms with Crippen LogP contribution in [0.2, 0.25) is 0 Å². The van der Waals surface area contributed by atoms with Gasteiger partial charge in [-0.05, 0) is 54.3 Å². The van der Waals surface area contributed by atoms with Crippen LogP contribution in [0.1, 0.15) is 67.2 Å². The van der Waals surface area contributed by atoms with Crippen LogP contribution < -0.4 is 5.32 Å². The third-order valence-electron chi connectivity index (χ3n) is 7.14. The van der Waals surface area contributed by atoms with Crippen LogP contribution in [0.3, 0.4) is 0 Å². The van der Waals surface area contributed by atoms with Crippen molar-refractivity contribution in [2.24, 2.45) is 34.5 Å². The monoisotopic (exact) mass is 321 g/mol. The summed E-state index contributed by atoms with van der Waals surface area (Å²) >= 11 is 0. The van der Waals surface area contributed by atoms with Crippen LogP contribution in [0.25, 0.3) is 0 Å². The van der Waals surface area contributed by atoms with Gasteiger partial charge in [-0.3, -0.25) is 4.79 Å². The van der Waals surface area contributed by atoms with Crippen LogP contribution in [-0.2, 0) is 9.53 Å². The molecule has 3 nitrogen and oxygen atoms in total. The molecule has 1 amide bonds. The fourth-order valence-corrected chi connectivity index (χ4v) is 5.92. The Hall–Kier alpha value is -0.570. The highest BCUT2D eigenvalue weighted by Crippen LogP contribution is 2.68. The van der Waals surface area contributed by atoms with E-state index in [0.29, 0.717) is 24.0 Å². The molecule has 3 heteroatoms. The van der Waals surface area contributed by atoms with Crippen molar-refractivity contribution in [1.29, 1.82) is 0 Å². The lowest BCUT2D eigenvalue weighted by Crippen LogP contribution is -2.60. The lowest BCUT2D eigenvalue weighted by Gasteiger charge is -2.53. The van der Waals surface area contributed by atoms with Crippen LogP contribution >= 0.6 is 0 Å². The van der Waals surface area contributed by atoms with Gasteiger partial charge in [-0.2, -0.15) is 0 Å². The van der Waals surface area contributed by atoms with Gasteiger partial charge in [0.1, 0.15) is 0 Å². The Balaban J connectivity index is 1.88. The molecule has 1 spiro atoms. The van der Waals surface area contributed by atoms with Crippen molar-refractivity contribution >= 4 is 5.91 Å². The summed E-state index contributed by atoms with van der Waals surface area (Å²) < 4.78 is 6.21. The number of hydrogen-bond acceptors (Lipinski definition) is 2. The Morgan fingerprint density at radius 2 is 1.96 bits per heavy atom. The van der Waals surface area contributed by atoms with Gasteiger partial charge in [-0.25, -0.2) is 0 Å². The van der Waals surface area contributed by atoms with Gasteiger partial charge in [0.05, 0.1) is 6.10 Å². The molecule has 1 saturated heterocycles. The van der Waals surface area contributed by atoms with E-state index in [-0.39, 0.29) is 22.7 Å². The fraction of sp³-hybridized carbons (Fsp3) is 0.950. The number of rotatable bonds is 4. The Kier molecular flexibility index (Phi) is 4.32. The third kappa shape index (κ3) is 2.63. The van der Waals surface area contributed by atoms with E-state index in [1.807, 2.05) is 13.8 Å². The molecule has 5 atom stereocenters. The molecule has 3 aliphatic rings. The van der Waals surface area contributed by atoms with Gasteiger partial charge < -0.3 is 10.1 Å². The fourth-order valence-electron chi connectivity index (χ4n) is 5.92. The first kappa shape index (κ1) is 17.3. The molecule has 2 aliphatic carbocycles. The SMILES string of the molecule is CC(C)C[C@H]1OCCC23C[C@@H](C[C@H]12)C(C)(C)[C@H]3NC(=O)C(C)C. The molecule has 1 unspecified atom stereocenters. The minimum atomic E-state index is 0.0612. The molecule has 1 N–H and O–H groups in total. The maximum atomic E-state index is 12.5.